The summed E-state index contributed by atoms with van der Waals surface area (Å²) in [6, 6.07) is 0. The first-order chi connectivity index (χ1) is 11.1. The fourth-order valence-electron chi connectivity index (χ4n) is 2.21. The minimum absolute atomic E-state index is 0.366. The average Bonchev–Trinajstić information content (AvgIpc) is 2.42. The zero-order valence-electron chi connectivity index (χ0n) is 13.7. The Hall–Kier alpha value is -2.20. The van der Waals surface area contributed by atoms with Gasteiger partial charge in [-0.15, -0.1) is 0 Å². The summed E-state index contributed by atoms with van der Waals surface area (Å²) in [5, 5.41) is 10.0. The van der Waals surface area contributed by atoms with E-state index in [2.05, 4.69) is 0 Å². The molecule has 1 N–H and O–H groups in total. The minimum atomic E-state index is -1.68. The molecule has 0 saturated carbocycles. The van der Waals surface area contributed by atoms with Crippen LogP contribution in [0.4, 0.5) is 0 Å². The number of rotatable bonds is 5. The van der Waals surface area contributed by atoms with E-state index in [0.717, 1.165) is 27.7 Å². The van der Waals surface area contributed by atoms with Crippen LogP contribution >= 0.6 is 0 Å². The Morgan fingerprint density at radius 3 is 1.71 bits per heavy atom. The van der Waals surface area contributed by atoms with Gasteiger partial charge in [0.15, 0.2) is 24.6 Å². The van der Waals surface area contributed by atoms with Gasteiger partial charge in [-0.3, -0.25) is 19.2 Å². The second kappa shape index (κ2) is 8.60. The van der Waals surface area contributed by atoms with Gasteiger partial charge in [-0.1, -0.05) is 0 Å². The van der Waals surface area contributed by atoms with Crippen LogP contribution in [0, 0.1) is 0 Å². The quantitative estimate of drug-likeness (QED) is 0.490. The maximum Gasteiger partial charge on any atom is 0.303 e. The van der Waals surface area contributed by atoms with Crippen molar-refractivity contribution in [3.05, 3.63) is 0 Å². The van der Waals surface area contributed by atoms with Gasteiger partial charge < -0.3 is 28.8 Å². The first-order valence-corrected chi connectivity index (χ1v) is 7.10. The van der Waals surface area contributed by atoms with Crippen LogP contribution < -0.4 is 0 Å². The van der Waals surface area contributed by atoms with E-state index < -0.39 is 54.6 Å². The van der Waals surface area contributed by atoms with Gasteiger partial charge in [0.1, 0.15) is 12.7 Å². The number of hydrogen-bond donors (Lipinski definition) is 1. The molecular weight excluding hydrogens is 328 g/mol. The summed E-state index contributed by atoms with van der Waals surface area (Å²) in [5.74, 6) is -2.87. The van der Waals surface area contributed by atoms with Crippen molar-refractivity contribution in [3.63, 3.8) is 0 Å². The van der Waals surface area contributed by atoms with E-state index in [1.165, 1.54) is 0 Å². The number of aliphatic hydroxyl groups excluding tert-OH is 1. The number of carbonyl (C=O) groups excluding carboxylic acids is 4. The standard InChI is InChI=1S/C14H20O10/c1-6(15)20-5-10-11(21-7(2)16)12(22-8(3)17)13(14(19)24-10)23-9(4)18/h10-14,19H,5H2,1-4H3/t10?,11-,12+,13?,14-/m1/s1. The highest BCUT2D eigenvalue weighted by Gasteiger charge is 2.51. The molecule has 0 bridgehead atoms. The SMILES string of the molecule is CC(=O)OCC1O[C@@H](O)C(OC(C)=O)[C@@H](OC(C)=O)[C@@H]1OC(C)=O. The van der Waals surface area contributed by atoms with Crippen LogP contribution in [-0.2, 0) is 42.9 Å². The zero-order chi connectivity index (χ0) is 18.4. The Morgan fingerprint density at radius 2 is 1.25 bits per heavy atom. The molecule has 136 valence electrons. The van der Waals surface area contributed by atoms with Gasteiger partial charge in [-0.25, -0.2) is 0 Å². The third-order valence-corrected chi connectivity index (χ3v) is 2.97. The molecule has 5 atom stereocenters. The van der Waals surface area contributed by atoms with Crippen LogP contribution in [0.15, 0.2) is 0 Å². The fourth-order valence-corrected chi connectivity index (χ4v) is 2.21. The number of aliphatic hydroxyl groups is 1. The van der Waals surface area contributed by atoms with Gasteiger partial charge in [0, 0.05) is 27.7 Å². The van der Waals surface area contributed by atoms with Crippen LogP contribution in [0.3, 0.4) is 0 Å². The van der Waals surface area contributed by atoms with E-state index in [1.807, 2.05) is 0 Å². The third kappa shape index (κ3) is 5.78. The molecular formula is C14H20O10. The highest BCUT2D eigenvalue weighted by Crippen LogP contribution is 2.28. The molecule has 24 heavy (non-hydrogen) atoms. The molecule has 10 nitrogen and oxygen atoms in total. The average molecular weight is 348 g/mol. The summed E-state index contributed by atoms with van der Waals surface area (Å²) in [6.45, 7) is 4.09. The van der Waals surface area contributed by atoms with Crippen molar-refractivity contribution in [3.8, 4) is 0 Å². The Morgan fingerprint density at radius 1 is 0.792 bits per heavy atom. The Bertz CT molecular complexity index is 502. The predicted octanol–water partition coefficient (Wildman–Crippen LogP) is -0.938. The van der Waals surface area contributed by atoms with Gasteiger partial charge in [0.05, 0.1) is 0 Å². The molecule has 1 rings (SSSR count). The molecule has 0 amide bonds. The highest BCUT2D eigenvalue weighted by atomic mass is 16.7. The normalized spacial score (nSPS) is 29.3. The number of carbonyl (C=O) groups is 4. The molecule has 0 spiro atoms. The van der Waals surface area contributed by atoms with Crippen LogP contribution in [-0.4, -0.2) is 66.3 Å². The van der Waals surface area contributed by atoms with Crippen molar-refractivity contribution in [1.29, 1.82) is 0 Å². The van der Waals surface area contributed by atoms with Crippen molar-refractivity contribution < 1.29 is 48.0 Å². The summed E-state index contributed by atoms with van der Waals surface area (Å²) in [4.78, 5) is 44.9. The van der Waals surface area contributed by atoms with E-state index in [-0.39, 0.29) is 6.61 Å². The summed E-state index contributed by atoms with van der Waals surface area (Å²) >= 11 is 0. The lowest BCUT2D eigenvalue weighted by Crippen LogP contribution is -2.62. The fraction of sp³-hybridized carbons (Fsp3) is 0.714. The van der Waals surface area contributed by atoms with Crippen molar-refractivity contribution >= 4 is 23.9 Å². The summed E-state index contributed by atoms with van der Waals surface area (Å²) in [7, 11) is 0. The first-order valence-electron chi connectivity index (χ1n) is 7.10. The molecule has 0 aromatic heterocycles. The van der Waals surface area contributed by atoms with Crippen LogP contribution in [0.2, 0.25) is 0 Å². The summed E-state index contributed by atoms with van der Waals surface area (Å²) in [5.41, 5.74) is 0. The van der Waals surface area contributed by atoms with Gasteiger partial charge in [0.25, 0.3) is 0 Å². The lowest BCUT2D eigenvalue weighted by Gasteiger charge is -2.42. The van der Waals surface area contributed by atoms with Gasteiger partial charge >= 0.3 is 23.9 Å². The topological polar surface area (TPSA) is 135 Å². The van der Waals surface area contributed by atoms with Gasteiger partial charge in [-0.2, -0.15) is 0 Å². The minimum Gasteiger partial charge on any atom is -0.463 e. The molecule has 1 saturated heterocycles. The van der Waals surface area contributed by atoms with Gasteiger partial charge in [-0.05, 0) is 0 Å². The number of esters is 4. The smallest absolute Gasteiger partial charge is 0.303 e. The monoisotopic (exact) mass is 348 g/mol. The van der Waals surface area contributed by atoms with E-state index in [1.54, 1.807) is 0 Å². The molecule has 0 aliphatic carbocycles. The molecule has 2 unspecified atom stereocenters. The molecule has 0 aromatic carbocycles. The molecule has 10 heteroatoms. The number of ether oxygens (including phenoxy) is 5. The predicted molar refractivity (Wildman–Crippen MR) is 74.2 cm³/mol. The van der Waals surface area contributed by atoms with Crippen LogP contribution in [0.25, 0.3) is 0 Å². The Balaban J connectivity index is 3.11. The molecule has 1 aliphatic heterocycles. The second-order valence-corrected chi connectivity index (χ2v) is 5.09. The lowest BCUT2D eigenvalue weighted by molar-refractivity contribution is -0.296. The molecule has 0 aromatic rings. The van der Waals surface area contributed by atoms with E-state index in [0.29, 0.717) is 0 Å². The van der Waals surface area contributed by atoms with E-state index in [4.69, 9.17) is 23.7 Å². The summed E-state index contributed by atoms with van der Waals surface area (Å²) in [6.07, 6.45) is -6.79. The maximum absolute atomic E-state index is 11.3. The van der Waals surface area contributed by atoms with Crippen molar-refractivity contribution in [2.75, 3.05) is 6.61 Å². The van der Waals surface area contributed by atoms with Crippen LogP contribution in [0.5, 0.6) is 0 Å². The summed E-state index contributed by atoms with van der Waals surface area (Å²) < 4.78 is 25.0. The molecule has 1 aliphatic rings. The Kier molecular flexibility index (Phi) is 7.11. The molecule has 0 radical (unpaired) electrons. The lowest BCUT2D eigenvalue weighted by atomic mass is 9.98. The van der Waals surface area contributed by atoms with Gasteiger partial charge in [0.2, 0.25) is 0 Å². The maximum atomic E-state index is 11.3. The largest absolute Gasteiger partial charge is 0.463 e. The first kappa shape index (κ1) is 19.8. The van der Waals surface area contributed by atoms with E-state index >= 15 is 0 Å². The number of hydrogen-bond acceptors (Lipinski definition) is 10. The van der Waals surface area contributed by atoms with E-state index in [9.17, 15) is 24.3 Å². The molecule has 1 heterocycles. The van der Waals surface area contributed by atoms with Crippen molar-refractivity contribution in [1.82, 2.24) is 0 Å². The zero-order valence-corrected chi connectivity index (χ0v) is 13.7. The highest BCUT2D eigenvalue weighted by molar-refractivity contribution is 5.68. The van der Waals surface area contributed by atoms with Crippen molar-refractivity contribution in [2.45, 2.75) is 58.4 Å². The van der Waals surface area contributed by atoms with Crippen molar-refractivity contribution in [2.24, 2.45) is 0 Å². The second-order valence-electron chi connectivity index (χ2n) is 5.09. The molecule has 1 fully saturated rings. The third-order valence-electron chi connectivity index (χ3n) is 2.97. The van der Waals surface area contributed by atoms with Crippen LogP contribution in [0.1, 0.15) is 27.7 Å². The Labute approximate surface area is 137 Å².